The van der Waals surface area contributed by atoms with Crippen LogP contribution in [-0.2, 0) is 12.6 Å². The summed E-state index contributed by atoms with van der Waals surface area (Å²) in [6.45, 7) is 0.132. The SMILES string of the molecule is NCCc1ccc(-n2cnc3cnc4ccc(-c5ccc(O)cc5)cc4c32)cc1C(F)(F)F. The van der Waals surface area contributed by atoms with E-state index in [9.17, 15) is 18.3 Å². The van der Waals surface area contributed by atoms with Gasteiger partial charge in [0.25, 0.3) is 0 Å². The van der Waals surface area contributed by atoms with Crippen molar-refractivity contribution in [1.82, 2.24) is 14.5 Å². The van der Waals surface area contributed by atoms with E-state index in [1.165, 1.54) is 12.4 Å². The van der Waals surface area contributed by atoms with Crippen molar-refractivity contribution in [2.45, 2.75) is 12.6 Å². The molecule has 0 bridgehead atoms. The number of rotatable bonds is 4. The van der Waals surface area contributed by atoms with Crippen molar-refractivity contribution in [1.29, 1.82) is 0 Å². The van der Waals surface area contributed by atoms with Crippen LogP contribution in [0.1, 0.15) is 11.1 Å². The van der Waals surface area contributed by atoms with Gasteiger partial charge >= 0.3 is 6.18 Å². The molecule has 0 aliphatic heterocycles. The lowest BCUT2D eigenvalue weighted by atomic mass is 10.0. The number of phenolic OH excluding ortho intramolecular Hbond substituents is 1. The van der Waals surface area contributed by atoms with E-state index in [-0.39, 0.29) is 24.3 Å². The molecule has 3 aromatic carbocycles. The molecule has 33 heavy (non-hydrogen) atoms. The Morgan fingerprint density at radius 3 is 2.36 bits per heavy atom. The number of alkyl halides is 3. The molecule has 166 valence electrons. The first-order valence-electron chi connectivity index (χ1n) is 10.3. The second kappa shape index (κ2) is 7.90. The molecule has 0 unspecified atom stereocenters. The number of benzene rings is 3. The number of nitrogens with two attached hydrogens (primary N) is 1. The smallest absolute Gasteiger partial charge is 0.416 e. The van der Waals surface area contributed by atoms with Crippen LogP contribution in [0, 0.1) is 0 Å². The van der Waals surface area contributed by atoms with Gasteiger partial charge in [0.05, 0.1) is 22.8 Å². The van der Waals surface area contributed by atoms with E-state index in [1.807, 2.05) is 18.2 Å². The Labute approximate surface area is 186 Å². The van der Waals surface area contributed by atoms with Gasteiger partial charge in [-0.25, -0.2) is 4.98 Å². The van der Waals surface area contributed by atoms with Crippen LogP contribution in [0.3, 0.4) is 0 Å². The molecule has 0 radical (unpaired) electrons. The van der Waals surface area contributed by atoms with Crippen molar-refractivity contribution in [2.75, 3.05) is 6.54 Å². The van der Waals surface area contributed by atoms with E-state index in [0.29, 0.717) is 22.2 Å². The van der Waals surface area contributed by atoms with Gasteiger partial charge in [0.15, 0.2) is 0 Å². The molecule has 2 heterocycles. The minimum Gasteiger partial charge on any atom is -0.508 e. The van der Waals surface area contributed by atoms with Crippen LogP contribution in [-0.4, -0.2) is 26.2 Å². The van der Waals surface area contributed by atoms with Crippen molar-refractivity contribution in [2.24, 2.45) is 5.73 Å². The molecule has 5 rings (SSSR count). The first-order chi connectivity index (χ1) is 15.8. The van der Waals surface area contributed by atoms with Crippen LogP contribution in [0.5, 0.6) is 5.75 Å². The fourth-order valence-corrected chi connectivity index (χ4v) is 4.07. The first-order valence-corrected chi connectivity index (χ1v) is 10.3. The Bertz CT molecular complexity index is 1470. The zero-order valence-corrected chi connectivity index (χ0v) is 17.3. The number of phenols is 1. The lowest BCUT2D eigenvalue weighted by Gasteiger charge is -2.15. The van der Waals surface area contributed by atoms with Crippen molar-refractivity contribution in [3.8, 4) is 22.6 Å². The van der Waals surface area contributed by atoms with Gasteiger partial charge in [-0.1, -0.05) is 24.3 Å². The fourth-order valence-electron chi connectivity index (χ4n) is 4.07. The topological polar surface area (TPSA) is 77.0 Å². The molecule has 0 amide bonds. The molecule has 0 aliphatic rings. The lowest BCUT2D eigenvalue weighted by molar-refractivity contribution is -0.138. The average molecular weight is 448 g/mol. The Morgan fingerprint density at radius 1 is 0.879 bits per heavy atom. The van der Waals surface area contributed by atoms with Gasteiger partial charge in [-0.3, -0.25) is 9.55 Å². The molecule has 2 aromatic heterocycles. The maximum atomic E-state index is 13.7. The molecule has 8 heteroatoms. The number of aromatic nitrogens is 3. The summed E-state index contributed by atoms with van der Waals surface area (Å²) in [6.07, 6.45) is -1.23. The van der Waals surface area contributed by atoms with Crippen LogP contribution in [0.25, 0.3) is 38.8 Å². The Balaban J connectivity index is 1.73. The number of fused-ring (bicyclic) bond motifs is 3. The number of nitrogens with zero attached hydrogens (tertiary/aromatic N) is 3. The van der Waals surface area contributed by atoms with Crippen molar-refractivity contribution in [3.63, 3.8) is 0 Å². The van der Waals surface area contributed by atoms with Crippen molar-refractivity contribution >= 4 is 21.9 Å². The minimum atomic E-state index is -4.49. The highest BCUT2D eigenvalue weighted by atomic mass is 19.4. The van der Waals surface area contributed by atoms with Crippen molar-refractivity contribution in [3.05, 3.63) is 84.3 Å². The number of pyridine rings is 1. The molecular weight excluding hydrogens is 429 g/mol. The standard InChI is InChI=1S/C25H19F3N4O/c26-25(27,28)21-12-18(5-1-16(21)9-10-29)32-14-31-23-13-30-22-8-4-17(11-20(22)24(23)32)15-2-6-19(33)7-3-15/h1-8,11-14,33H,9-10,29H2. The molecule has 0 fully saturated rings. The third-order valence-electron chi connectivity index (χ3n) is 5.66. The minimum absolute atomic E-state index is 0.132. The number of hydrogen-bond donors (Lipinski definition) is 2. The monoisotopic (exact) mass is 448 g/mol. The molecule has 3 N–H and O–H groups in total. The van der Waals surface area contributed by atoms with Gasteiger partial charge in [-0.05, 0) is 66.1 Å². The predicted octanol–water partition coefficient (Wildman–Crippen LogP) is 5.47. The Hall–Kier alpha value is -3.91. The summed E-state index contributed by atoms with van der Waals surface area (Å²) in [5.74, 6) is 0.167. The van der Waals surface area contributed by atoms with E-state index in [2.05, 4.69) is 9.97 Å². The quantitative estimate of drug-likeness (QED) is 0.382. The molecular formula is C25H19F3N4O. The van der Waals surface area contributed by atoms with Gasteiger partial charge in [0, 0.05) is 11.1 Å². The van der Waals surface area contributed by atoms with Gasteiger partial charge in [-0.2, -0.15) is 13.2 Å². The summed E-state index contributed by atoms with van der Waals surface area (Å²) in [4.78, 5) is 8.83. The summed E-state index contributed by atoms with van der Waals surface area (Å²) < 4.78 is 42.9. The Morgan fingerprint density at radius 2 is 1.64 bits per heavy atom. The van der Waals surface area contributed by atoms with Crippen LogP contribution < -0.4 is 5.73 Å². The fraction of sp³-hybridized carbons (Fsp3) is 0.120. The molecule has 5 aromatic rings. The Kier molecular flexibility index (Phi) is 5.02. The maximum absolute atomic E-state index is 13.7. The maximum Gasteiger partial charge on any atom is 0.416 e. The first kappa shape index (κ1) is 21.0. The van der Waals surface area contributed by atoms with E-state index in [0.717, 1.165) is 22.6 Å². The average Bonchev–Trinajstić information content (AvgIpc) is 3.24. The summed E-state index contributed by atoms with van der Waals surface area (Å²) in [6, 6.07) is 16.8. The zero-order chi connectivity index (χ0) is 23.2. The van der Waals surface area contributed by atoms with Crippen molar-refractivity contribution < 1.29 is 18.3 Å². The van der Waals surface area contributed by atoms with E-state index < -0.39 is 11.7 Å². The lowest BCUT2D eigenvalue weighted by Crippen LogP contribution is -2.13. The van der Waals surface area contributed by atoms with Crippen LogP contribution in [0.15, 0.2) is 73.2 Å². The van der Waals surface area contributed by atoms with E-state index in [4.69, 9.17) is 5.73 Å². The number of imidazole rings is 1. The summed E-state index contributed by atoms with van der Waals surface area (Å²) in [5, 5.41) is 10.3. The third kappa shape index (κ3) is 3.78. The predicted molar refractivity (Wildman–Crippen MR) is 121 cm³/mol. The molecule has 0 spiro atoms. The number of hydrogen-bond acceptors (Lipinski definition) is 4. The normalized spacial score (nSPS) is 12.0. The second-order valence-electron chi connectivity index (χ2n) is 7.76. The highest BCUT2D eigenvalue weighted by Gasteiger charge is 2.33. The summed E-state index contributed by atoms with van der Waals surface area (Å²) >= 11 is 0. The van der Waals surface area contributed by atoms with Crippen LogP contribution >= 0.6 is 0 Å². The van der Waals surface area contributed by atoms with Gasteiger partial charge in [0.2, 0.25) is 0 Å². The summed E-state index contributed by atoms with van der Waals surface area (Å²) in [5.41, 5.74) is 9.05. The van der Waals surface area contributed by atoms with Gasteiger partial charge in [0.1, 0.15) is 17.6 Å². The largest absolute Gasteiger partial charge is 0.508 e. The number of halogens is 3. The van der Waals surface area contributed by atoms with Gasteiger partial charge in [-0.15, -0.1) is 0 Å². The third-order valence-corrected chi connectivity index (χ3v) is 5.66. The zero-order valence-electron chi connectivity index (χ0n) is 17.3. The van der Waals surface area contributed by atoms with Crippen LogP contribution in [0.2, 0.25) is 0 Å². The highest BCUT2D eigenvalue weighted by Crippen LogP contribution is 2.35. The van der Waals surface area contributed by atoms with Crippen LogP contribution in [0.4, 0.5) is 13.2 Å². The second-order valence-corrected chi connectivity index (χ2v) is 7.76. The molecule has 0 atom stereocenters. The molecule has 5 nitrogen and oxygen atoms in total. The van der Waals surface area contributed by atoms with E-state index in [1.54, 1.807) is 41.1 Å². The van der Waals surface area contributed by atoms with E-state index >= 15 is 0 Å². The highest BCUT2D eigenvalue weighted by molar-refractivity contribution is 6.04. The molecule has 0 saturated heterocycles. The van der Waals surface area contributed by atoms with Gasteiger partial charge < -0.3 is 10.8 Å². The summed E-state index contributed by atoms with van der Waals surface area (Å²) in [7, 11) is 0. The number of aromatic hydroxyl groups is 1. The molecule has 0 aliphatic carbocycles. The molecule has 0 saturated carbocycles.